The largest absolute Gasteiger partial charge is 0.369 e. The summed E-state index contributed by atoms with van der Waals surface area (Å²) in [6.45, 7) is 1.89. The lowest BCUT2D eigenvalue weighted by molar-refractivity contribution is -0.117. The lowest BCUT2D eigenvalue weighted by Crippen LogP contribution is -2.26. The number of anilines is 2. The minimum absolute atomic E-state index is 0.134. The van der Waals surface area contributed by atoms with Crippen LogP contribution in [0.3, 0.4) is 0 Å². The second-order valence-electron chi connectivity index (χ2n) is 7.13. The van der Waals surface area contributed by atoms with Crippen LogP contribution in [0.25, 0.3) is 0 Å². The molecule has 0 aromatic heterocycles. The Morgan fingerprint density at radius 2 is 1.48 bits per heavy atom. The van der Waals surface area contributed by atoms with E-state index >= 15 is 0 Å². The number of primary amides is 1. The highest BCUT2D eigenvalue weighted by Gasteiger charge is 2.21. The van der Waals surface area contributed by atoms with E-state index in [0.717, 1.165) is 11.1 Å². The molecule has 0 spiro atoms. The Hall–Kier alpha value is -3.65. The third-order valence-corrected chi connectivity index (χ3v) is 6.56. The highest BCUT2D eigenvalue weighted by Crippen LogP contribution is 2.23. The van der Waals surface area contributed by atoms with Gasteiger partial charge in [-0.05, 0) is 61.0 Å². The first-order valence-corrected chi connectivity index (χ1v) is 10.9. The van der Waals surface area contributed by atoms with E-state index in [0.29, 0.717) is 16.9 Å². The van der Waals surface area contributed by atoms with Crippen molar-refractivity contribution >= 4 is 33.2 Å². The van der Waals surface area contributed by atoms with Gasteiger partial charge in [0.25, 0.3) is 15.9 Å². The van der Waals surface area contributed by atoms with E-state index in [1.807, 2.05) is 6.92 Å². The normalized spacial score (nSPS) is 11.0. The summed E-state index contributed by atoms with van der Waals surface area (Å²) in [6.07, 6.45) is 0.134. The van der Waals surface area contributed by atoms with E-state index in [4.69, 9.17) is 5.73 Å². The number of nitrogens with one attached hydrogen (secondary N) is 1. The zero-order chi connectivity index (χ0) is 22.6. The highest BCUT2D eigenvalue weighted by atomic mass is 32.2. The predicted octanol–water partition coefficient (Wildman–Crippen LogP) is 3.10. The van der Waals surface area contributed by atoms with Gasteiger partial charge in [0.15, 0.2) is 0 Å². The number of benzene rings is 3. The second-order valence-corrected chi connectivity index (χ2v) is 9.10. The molecule has 0 fully saturated rings. The number of carbonyl (C=O) groups is 2. The molecule has 0 saturated carbocycles. The molecule has 0 saturated heterocycles. The van der Waals surface area contributed by atoms with Crippen molar-refractivity contribution in [2.75, 3.05) is 16.7 Å². The third kappa shape index (κ3) is 5.29. The molecule has 0 unspecified atom stereocenters. The van der Waals surface area contributed by atoms with E-state index in [1.165, 1.54) is 11.4 Å². The maximum atomic E-state index is 12.8. The van der Waals surface area contributed by atoms with Crippen LogP contribution < -0.4 is 15.4 Å². The van der Waals surface area contributed by atoms with Crippen molar-refractivity contribution in [1.29, 1.82) is 0 Å². The van der Waals surface area contributed by atoms with Gasteiger partial charge in [-0.25, -0.2) is 8.42 Å². The summed E-state index contributed by atoms with van der Waals surface area (Å²) in [6, 6.07) is 19.7. The lowest BCUT2D eigenvalue weighted by atomic mass is 10.1. The van der Waals surface area contributed by atoms with Crippen molar-refractivity contribution in [3.8, 4) is 0 Å². The topological polar surface area (TPSA) is 110 Å². The SMILES string of the molecule is Cc1ccc(S(=O)(=O)N(C)c2ccc(C(=O)Nc3ccc(CC(N)=O)cc3)cc2)cc1. The van der Waals surface area contributed by atoms with Crippen molar-refractivity contribution in [2.45, 2.75) is 18.2 Å². The molecule has 2 amide bonds. The Kier molecular flexibility index (Phi) is 6.41. The number of sulfonamides is 1. The van der Waals surface area contributed by atoms with E-state index < -0.39 is 15.9 Å². The van der Waals surface area contributed by atoms with Gasteiger partial charge < -0.3 is 11.1 Å². The van der Waals surface area contributed by atoms with Gasteiger partial charge in [0, 0.05) is 18.3 Å². The van der Waals surface area contributed by atoms with Crippen LogP contribution in [0, 0.1) is 6.92 Å². The van der Waals surface area contributed by atoms with Gasteiger partial charge in [0.1, 0.15) is 0 Å². The second kappa shape index (κ2) is 9.01. The first kappa shape index (κ1) is 22.0. The number of amides is 2. The molecule has 3 aromatic carbocycles. The molecule has 31 heavy (non-hydrogen) atoms. The summed E-state index contributed by atoms with van der Waals surface area (Å²) in [5, 5.41) is 2.76. The molecule has 7 nitrogen and oxygen atoms in total. The Labute approximate surface area is 181 Å². The Morgan fingerprint density at radius 1 is 0.903 bits per heavy atom. The molecule has 0 aliphatic heterocycles. The molecule has 0 aliphatic carbocycles. The van der Waals surface area contributed by atoms with Gasteiger partial charge in [-0.1, -0.05) is 29.8 Å². The van der Waals surface area contributed by atoms with Gasteiger partial charge in [-0.2, -0.15) is 0 Å². The molecular weight excluding hydrogens is 414 g/mol. The van der Waals surface area contributed by atoms with Crippen LogP contribution >= 0.6 is 0 Å². The molecule has 8 heteroatoms. The fourth-order valence-electron chi connectivity index (χ4n) is 2.94. The van der Waals surface area contributed by atoms with Gasteiger partial charge in [-0.3, -0.25) is 13.9 Å². The fourth-order valence-corrected chi connectivity index (χ4v) is 4.14. The van der Waals surface area contributed by atoms with E-state index in [1.54, 1.807) is 72.8 Å². The maximum absolute atomic E-state index is 12.8. The van der Waals surface area contributed by atoms with Gasteiger partial charge >= 0.3 is 0 Å². The van der Waals surface area contributed by atoms with Crippen molar-refractivity contribution < 1.29 is 18.0 Å². The fraction of sp³-hybridized carbons (Fsp3) is 0.130. The zero-order valence-corrected chi connectivity index (χ0v) is 18.0. The van der Waals surface area contributed by atoms with Crippen molar-refractivity contribution in [3.05, 3.63) is 89.5 Å². The number of nitrogens with two attached hydrogens (primary N) is 1. The summed E-state index contributed by atoms with van der Waals surface area (Å²) < 4.78 is 26.8. The molecular formula is C23H23N3O4S. The van der Waals surface area contributed by atoms with E-state index in [2.05, 4.69) is 5.32 Å². The summed E-state index contributed by atoms with van der Waals surface area (Å²) >= 11 is 0. The standard InChI is InChI=1S/C23H23N3O4S/c1-16-3-13-21(14-4-16)31(29,30)26(2)20-11-7-18(8-12-20)23(28)25-19-9-5-17(6-10-19)15-22(24)27/h3-14H,15H2,1-2H3,(H2,24,27)(H,25,28). The van der Waals surface area contributed by atoms with Crippen LogP contribution in [0.15, 0.2) is 77.7 Å². The molecule has 0 radical (unpaired) electrons. The van der Waals surface area contributed by atoms with Gasteiger partial charge in [-0.15, -0.1) is 0 Å². The average molecular weight is 438 g/mol. The molecule has 0 heterocycles. The van der Waals surface area contributed by atoms with Crippen molar-refractivity contribution in [2.24, 2.45) is 5.73 Å². The summed E-state index contributed by atoms with van der Waals surface area (Å²) in [4.78, 5) is 23.6. The highest BCUT2D eigenvalue weighted by molar-refractivity contribution is 7.92. The minimum Gasteiger partial charge on any atom is -0.369 e. The number of aryl methyl sites for hydroxylation is 1. The van der Waals surface area contributed by atoms with Crippen LogP contribution in [-0.2, 0) is 21.2 Å². The summed E-state index contributed by atoms with van der Waals surface area (Å²) in [5.74, 6) is -0.760. The monoisotopic (exact) mass is 437 g/mol. The summed E-state index contributed by atoms with van der Waals surface area (Å²) in [7, 11) is -2.23. The smallest absolute Gasteiger partial charge is 0.264 e. The van der Waals surface area contributed by atoms with Gasteiger partial charge in [0.05, 0.1) is 17.0 Å². The first-order valence-electron chi connectivity index (χ1n) is 9.51. The van der Waals surface area contributed by atoms with Crippen LogP contribution in [0.4, 0.5) is 11.4 Å². The molecule has 0 bridgehead atoms. The molecule has 0 atom stereocenters. The quantitative estimate of drug-likeness (QED) is 0.592. The average Bonchev–Trinajstić information content (AvgIpc) is 2.74. The Morgan fingerprint density at radius 3 is 2.03 bits per heavy atom. The zero-order valence-electron chi connectivity index (χ0n) is 17.2. The molecule has 160 valence electrons. The molecule has 3 N–H and O–H groups in total. The van der Waals surface area contributed by atoms with Crippen LogP contribution in [0.2, 0.25) is 0 Å². The van der Waals surface area contributed by atoms with E-state index in [9.17, 15) is 18.0 Å². The Balaban J connectivity index is 1.71. The minimum atomic E-state index is -3.70. The molecule has 3 aromatic rings. The predicted molar refractivity (Wildman–Crippen MR) is 121 cm³/mol. The number of hydrogen-bond donors (Lipinski definition) is 2. The van der Waals surface area contributed by atoms with Gasteiger partial charge in [0.2, 0.25) is 5.91 Å². The molecule has 3 rings (SSSR count). The number of hydrogen-bond acceptors (Lipinski definition) is 4. The maximum Gasteiger partial charge on any atom is 0.264 e. The third-order valence-electron chi connectivity index (χ3n) is 4.76. The van der Waals surface area contributed by atoms with Crippen molar-refractivity contribution in [3.63, 3.8) is 0 Å². The first-order chi connectivity index (χ1) is 14.7. The Bertz CT molecular complexity index is 1190. The van der Waals surface area contributed by atoms with Crippen LogP contribution in [0.5, 0.6) is 0 Å². The number of nitrogens with zero attached hydrogens (tertiary/aromatic N) is 1. The number of rotatable bonds is 7. The molecule has 0 aliphatic rings. The summed E-state index contributed by atoms with van der Waals surface area (Å²) in [5.41, 5.74) is 8.29. The number of carbonyl (C=O) groups excluding carboxylic acids is 2. The lowest BCUT2D eigenvalue weighted by Gasteiger charge is -2.20. The van der Waals surface area contributed by atoms with Crippen LogP contribution in [-0.4, -0.2) is 27.3 Å². The van der Waals surface area contributed by atoms with E-state index in [-0.39, 0.29) is 17.2 Å². The van der Waals surface area contributed by atoms with Crippen LogP contribution in [0.1, 0.15) is 21.5 Å². The van der Waals surface area contributed by atoms with Crippen molar-refractivity contribution in [1.82, 2.24) is 0 Å².